The van der Waals surface area contributed by atoms with Gasteiger partial charge in [-0.05, 0) is 30.2 Å². The molecule has 5 heteroatoms. The van der Waals surface area contributed by atoms with Crippen LogP contribution in [0.15, 0.2) is 17.5 Å². The number of nitrogens with one attached hydrogen (secondary N) is 2. The first-order chi connectivity index (χ1) is 9.66. The van der Waals surface area contributed by atoms with Gasteiger partial charge >= 0.3 is 0 Å². The summed E-state index contributed by atoms with van der Waals surface area (Å²) in [6, 6.07) is 3.94. The van der Waals surface area contributed by atoms with Crippen molar-refractivity contribution in [2.45, 2.75) is 45.1 Å². The van der Waals surface area contributed by atoms with Gasteiger partial charge in [0.25, 0.3) is 5.91 Å². The van der Waals surface area contributed by atoms with E-state index in [9.17, 15) is 9.59 Å². The molecule has 2 N–H and O–H groups in total. The van der Waals surface area contributed by atoms with Gasteiger partial charge in [0.15, 0.2) is 0 Å². The van der Waals surface area contributed by atoms with Crippen LogP contribution in [0.2, 0.25) is 0 Å². The van der Waals surface area contributed by atoms with Crippen molar-refractivity contribution in [2.24, 2.45) is 5.92 Å². The van der Waals surface area contributed by atoms with Crippen LogP contribution in [-0.2, 0) is 4.79 Å². The van der Waals surface area contributed by atoms with Gasteiger partial charge in [-0.25, -0.2) is 0 Å². The van der Waals surface area contributed by atoms with Gasteiger partial charge in [-0.2, -0.15) is 0 Å². The highest BCUT2D eigenvalue weighted by Gasteiger charge is 2.22. The quantitative estimate of drug-likeness (QED) is 0.877. The van der Waals surface area contributed by atoms with Crippen LogP contribution in [0.5, 0.6) is 0 Å². The molecule has 2 rings (SSSR count). The summed E-state index contributed by atoms with van der Waals surface area (Å²) in [6.45, 7) is 2.59. The minimum absolute atomic E-state index is 0.0372. The Morgan fingerprint density at radius 3 is 2.85 bits per heavy atom. The molecule has 2 amide bonds. The predicted molar refractivity (Wildman–Crippen MR) is 80.8 cm³/mol. The molecule has 0 aromatic carbocycles. The molecule has 1 saturated carbocycles. The molecule has 1 aliphatic carbocycles. The van der Waals surface area contributed by atoms with Crippen LogP contribution < -0.4 is 10.6 Å². The zero-order valence-electron chi connectivity index (χ0n) is 11.9. The van der Waals surface area contributed by atoms with E-state index in [1.54, 1.807) is 6.07 Å². The molecule has 2 atom stereocenters. The van der Waals surface area contributed by atoms with Crippen molar-refractivity contribution < 1.29 is 9.59 Å². The zero-order valence-corrected chi connectivity index (χ0v) is 12.7. The molecule has 0 aliphatic heterocycles. The molecule has 0 radical (unpaired) electrons. The van der Waals surface area contributed by atoms with E-state index in [4.69, 9.17) is 0 Å². The number of amides is 2. The van der Waals surface area contributed by atoms with E-state index in [2.05, 4.69) is 17.6 Å². The fraction of sp³-hybridized carbons (Fsp3) is 0.600. The smallest absolute Gasteiger partial charge is 0.261 e. The normalized spacial score (nSPS) is 22.2. The molecule has 1 aromatic rings. The molecule has 110 valence electrons. The molecule has 4 nitrogen and oxygen atoms in total. The third-order valence-corrected chi connectivity index (χ3v) is 4.71. The average Bonchev–Trinajstić information content (AvgIpc) is 2.95. The molecular formula is C15H22N2O2S. The Balaban J connectivity index is 1.66. The van der Waals surface area contributed by atoms with E-state index >= 15 is 0 Å². The maximum Gasteiger partial charge on any atom is 0.261 e. The molecule has 0 unspecified atom stereocenters. The Kier molecular flexibility index (Phi) is 5.59. The summed E-state index contributed by atoms with van der Waals surface area (Å²) >= 11 is 1.41. The van der Waals surface area contributed by atoms with E-state index in [1.165, 1.54) is 30.6 Å². The largest absolute Gasteiger partial charge is 0.353 e. The first-order valence-corrected chi connectivity index (χ1v) is 8.16. The summed E-state index contributed by atoms with van der Waals surface area (Å²) in [5, 5.41) is 7.73. The highest BCUT2D eigenvalue weighted by molar-refractivity contribution is 7.12. The van der Waals surface area contributed by atoms with Crippen molar-refractivity contribution in [1.29, 1.82) is 0 Å². The van der Waals surface area contributed by atoms with E-state index in [-0.39, 0.29) is 11.8 Å². The Morgan fingerprint density at radius 1 is 1.35 bits per heavy atom. The number of rotatable bonds is 5. The third kappa shape index (κ3) is 4.34. The molecule has 0 saturated heterocycles. The van der Waals surface area contributed by atoms with E-state index in [1.807, 2.05) is 11.4 Å². The Morgan fingerprint density at radius 2 is 2.15 bits per heavy atom. The molecule has 1 fully saturated rings. The second-order valence-corrected chi connectivity index (χ2v) is 6.37. The Labute approximate surface area is 124 Å². The van der Waals surface area contributed by atoms with Gasteiger partial charge in [0.05, 0.1) is 4.88 Å². The van der Waals surface area contributed by atoms with Gasteiger partial charge < -0.3 is 10.6 Å². The van der Waals surface area contributed by atoms with Crippen molar-refractivity contribution in [3.8, 4) is 0 Å². The third-order valence-electron chi connectivity index (χ3n) is 3.84. The minimum atomic E-state index is -0.0983. The highest BCUT2D eigenvalue weighted by Crippen LogP contribution is 2.23. The molecule has 1 heterocycles. The van der Waals surface area contributed by atoms with Crippen LogP contribution in [0.1, 0.15) is 48.7 Å². The van der Waals surface area contributed by atoms with Gasteiger partial charge in [-0.1, -0.05) is 25.8 Å². The summed E-state index contributed by atoms with van der Waals surface area (Å²) in [7, 11) is 0. The van der Waals surface area contributed by atoms with Crippen LogP contribution in [0.4, 0.5) is 0 Å². The van der Waals surface area contributed by atoms with Gasteiger partial charge in [0.2, 0.25) is 5.91 Å². The summed E-state index contributed by atoms with van der Waals surface area (Å²) in [5.74, 6) is 0.502. The predicted octanol–water partition coefficient (Wildman–Crippen LogP) is 2.56. The van der Waals surface area contributed by atoms with Crippen molar-refractivity contribution in [3.63, 3.8) is 0 Å². The fourth-order valence-electron chi connectivity index (χ4n) is 2.59. The topological polar surface area (TPSA) is 58.2 Å². The number of carbonyl (C=O) groups excluding carboxylic acids is 2. The Bertz CT molecular complexity index is 445. The van der Waals surface area contributed by atoms with Crippen LogP contribution in [-0.4, -0.2) is 24.4 Å². The van der Waals surface area contributed by atoms with Gasteiger partial charge in [-0.15, -0.1) is 11.3 Å². The van der Waals surface area contributed by atoms with Crippen molar-refractivity contribution >= 4 is 23.2 Å². The van der Waals surface area contributed by atoms with Crippen LogP contribution in [0.3, 0.4) is 0 Å². The van der Waals surface area contributed by atoms with E-state index in [0.29, 0.717) is 29.8 Å². The minimum Gasteiger partial charge on any atom is -0.353 e. The SMILES string of the molecule is C[C@@H]1CCCC[C@@H]1NC(=O)CCNC(=O)c1cccs1. The maximum absolute atomic E-state index is 11.9. The lowest BCUT2D eigenvalue weighted by atomic mass is 9.86. The van der Waals surface area contributed by atoms with E-state index in [0.717, 1.165) is 6.42 Å². The molecule has 0 spiro atoms. The summed E-state index contributed by atoms with van der Waals surface area (Å²) < 4.78 is 0. The number of hydrogen-bond donors (Lipinski definition) is 2. The number of thiophene rings is 1. The number of hydrogen-bond acceptors (Lipinski definition) is 3. The standard InChI is InChI=1S/C15H22N2O2S/c1-11-5-2-3-6-12(11)17-14(18)8-9-16-15(19)13-7-4-10-20-13/h4,7,10-12H,2-3,5-6,8-9H2,1H3,(H,16,19)(H,17,18)/t11-,12+/m1/s1. The van der Waals surface area contributed by atoms with E-state index < -0.39 is 0 Å². The van der Waals surface area contributed by atoms with Crippen LogP contribution >= 0.6 is 11.3 Å². The molecule has 20 heavy (non-hydrogen) atoms. The second-order valence-electron chi connectivity index (χ2n) is 5.42. The second kappa shape index (κ2) is 7.43. The summed E-state index contributed by atoms with van der Waals surface area (Å²) in [6.07, 6.45) is 5.09. The molecular weight excluding hydrogens is 272 g/mol. The summed E-state index contributed by atoms with van der Waals surface area (Å²) in [4.78, 5) is 24.2. The lowest BCUT2D eigenvalue weighted by molar-refractivity contribution is -0.122. The van der Waals surface area contributed by atoms with Crippen molar-refractivity contribution in [1.82, 2.24) is 10.6 Å². The fourth-order valence-corrected chi connectivity index (χ4v) is 3.23. The number of carbonyl (C=O) groups is 2. The van der Waals surface area contributed by atoms with Crippen LogP contribution in [0, 0.1) is 5.92 Å². The summed E-state index contributed by atoms with van der Waals surface area (Å²) in [5.41, 5.74) is 0. The first-order valence-electron chi connectivity index (χ1n) is 7.28. The monoisotopic (exact) mass is 294 g/mol. The van der Waals surface area contributed by atoms with Crippen molar-refractivity contribution in [2.75, 3.05) is 6.54 Å². The maximum atomic E-state index is 11.9. The average molecular weight is 294 g/mol. The van der Waals surface area contributed by atoms with Gasteiger partial charge in [-0.3, -0.25) is 9.59 Å². The Hall–Kier alpha value is -1.36. The molecule has 0 bridgehead atoms. The highest BCUT2D eigenvalue weighted by atomic mass is 32.1. The molecule has 1 aliphatic rings. The zero-order chi connectivity index (χ0) is 14.4. The van der Waals surface area contributed by atoms with Gasteiger partial charge in [0.1, 0.15) is 0 Å². The first kappa shape index (κ1) is 15.0. The lowest BCUT2D eigenvalue weighted by Crippen LogP contribution is -2.42. The van der Waals surface area contributed by atoms with Crippen molar-refractivity contribution in [3.05, 3.63) is 22.4 Å². The van der Waals surface area contributed by atoms with Crippen LogP contribution in [0.25, 0.3) is 0 Å². The van der Waals surface area contributed by atoms with Gasteiger partial charge in [0, 0.05) is 19.0 Å². The lowest BCUT2D eigenvalue weighted by Gasteiger charge is -2.29. The molecule has 1 aromatic heterocycles.